The van der Waals surface area contributed by atoms with Crippen molar-refractivity contribution in [1.29, 1.82) is 0 Å². The number of ether oxygens (including phenoxy) is 1. The second kappa shape index (κ2) is 6.12. The summed E-state index contributed by atoms with van der Waals surface area (Å²) in [6.07, 6.45) is -4.42. The summed E-state index contributed by atoms with van der Waals surface area (Å²) in [6, 6.07) is 2.59. The summed E-state index contributed by atoms with van der Waals surface area (Å²) in [7, 11) is 1.94. The van der Waals surface area contributed by atoms with Crippen LogP contribution in [0.25, 0.3) is 0 Å². The van der Waals surface area contributed by atoms with Crippen molar-refractivity contribution in [1.82, 2.24) is 4.90 Å². The summed E-state index contributed by atoms with van der Waals surface area (Å²) < 4.78 is 44.8. The maximum Gasteiger partial charge on any atom is 0.420 e. The lowest BCUT2D eigenvalue weighted by atomic mass is 9.97. The van der Waals surface area contributed by atoms with Crippen molar-refractivity contribution in [2.45, 2.75) is 25.6 Å². The number of hydrogen-bond donors (Lipinski definition) is 0. The smallest absolute Gasteiger partial charge is 0.420 e. The quantitative estimate of drug-likeness (QED) is 0.633. The Morgan fingerprint density at radius 2 is 2.09 bits per heavy atom. The fourth-order valence-corrected chi connectivity index (χ4v) is 2.63. The van der Waals surface area contributed by atoms with Gasteiger partial charge >= 0.3 is 6.18 Å². The second-order valence-electron chi connectivity index (χ2n) is 5.62. The Balaban J connectivity index is 2.28. The van der Waals surface area contributed by atoms with E-state index >= 15 is 0 Å². The van der Waals surface area contributed by atoms with Gasteiger partial charge in [0.1, 0.15) is 17.4 Å². The molecule has 0 amide bonds. The number of nitrogens with zero attached hydrogens (tertiary/aromatic N) is 2. The molecule has 8 heteroatoms. The number of alkyl halides is 3. The molecule has 0 aliphatic carbocycles. The van der Waals surface area contributed by atoms with Crippen LogP contribution < -0.4 is 4.74 Å². The number of halogens is 3. The molecule has 0 aromatic heterocycles. The van der Waals surface area contributed by atoms with Gasteiger partial charge in [-0.1, -0.05) is 6.92 Å². The molecule has 2 rings (SSSR count). The van der Waals surface area contributed by atoms with E-state index < -0.39 is 22.4 Å². The van der Waals surface area contributed by atoms with E-state index in [1.54, 1.807) is 0 Å². The number of hydrogen-bond acceptors (Lipinski definition) is 4. The number of piperidine rings is 1. The zero-order chi connectivity index (χ0) is 16.5. The molecule has 1 saturated heterocycles. The third-order valence-corrected chi connectivity index (χ3v) is 3.79. The Labute approximate surface area is 125 Å². The van der Waals surface area contributed by atoms with Crippen LogP contribution in [0, 0.1) is 16.0 Å². The summed E-state index contributed by atoms with van der Waals surface area (Å²) in [5, 5.41) is 10.7. The van der Waals surface area contributed by atoms with Gasteiger partial charge in [-0.3, -0.25) is 10.1 Å². The lowest BCUT2D eigenvalue weighted by Gasteiger charge is -2.35. The molecule has 0 saturated carbocycles. The summed E-state index contributed by atoms with van der Waals surface area (Å²) in [4.78, 5) is 11.9. The highest BCUT2D eigenvalue weighted by atomic mass is 19.4. The van der Waals surface area contributed by atoms with Crippen molar-refractivity contribution >= 4 is 5.69 Å². The van der Waals surface area contributed by atoms with Gasteiger partial charge in [0.15, 0.2) is 0 Å². The first-order chi connectivity index (χ1) is 10.2. The van der Waals surface area contributed by atoms with Crippen LogP contribution in [0.4, 0.5) is 18.9 Å². The highest BCUT2D eigenvalue weighted by Gasteiger charge is 2.37. The first-order valence-corrected chi connectivity index (χ1v) is 6.89. The van der Waals surface area contributed by atoms with Crippen molar-refractivity contribution in [2.75, 3.05) is 20.1 Å². The maximum absolute atomic E-state index is 13.1. The number of rotatable bonds is 3. The molecule has 2 atom stereocenters. The normalized spacial score (nSPS) is 23.3. The molecule has 1 aromatic carbocycles. The number of nitro benzene ring substituents is 1. The molecule has 0 N–H and O–H groups in total. The summed E-state index contributed by atoms with van der Waals surface area (Å²) in [5.74, 6) is -0.269. The van der Waals surface area contributed by atoms with Crippen LogP contribution in [0.5, 0.6) is 5.75 Å². The lowest BCUT2D eigenvalue weighted by Crippen LogP contribution is -2.42. The molecule has 0 spiro atoms. The molecule has 122 valence electrons. The molecule has 2 unspecified atom stereocenters. The van der Waals surface area contributed by atoms with E-state index in [0.717, 1.165) is 25.2 Å². The number of nitro groups is 1. The van der Waals surface area contributed by atoms with E-state index in [-0.39, 0.29) is 17.8 Å². The van der Waals surface area contributed by atoms with Crippen LogP contribution in [0.1, 0.15) is 18.9 Å². The maximum atomic E-state index is 13.1. The predicted octanol–water partition coefficient (Wildman–Crippen LogP) is 3.33. The summed E-state index contributed by atoms with van der Waals surface area (Å²) in [5.41, 5.74) is -1.70. The van der Waals surface area contributed by atoms with E-state index in [1.807, 2.05) is 14.0 Å². The second-order valence-corrected chi connectivity index (χ2v) is 5.62. The summed E-state index contributed by atoms with van der Waals surface area (Å²) >= 11 is 0. The van der Waals surface area contributed by atoms with Crippen LogP contribution >= 0.6 is 0 Å². The van der Waals surface area contributed by atoms with E-state index in [1.165, 1.54) is 0 Å². The van der Waals surface area contributed by atoms with Crippen LogP contribution in [-0.2, 0) is 6.18 Å². The third kappa shape index (κ3) is 3.68. The Morgan fingerprint density at radius 1 is 1.41 bits per heavy atom. The van der Waals surface area contributed by atoms with Gasteiger partial charge in [-0.25, -0.2) is 0 Å². The highest BCUT2D eigenvalue weighted by molar-refractivity contribution is 5.45. The molecule has 0 bridgehead atoms. The van der Waals surface area contributed by atoms with Crippen molar-refractivity contribution in [2.24, 2.45) is 5.92 Å². The minimum atomic E-state index is -4.70. The minimum absolute atomic E-state index is 0.0787. The van der Waals surface area contributed by atoms with Crippen LogP contribution in [0.2, 0.25) is 0 Å². The van der Waals surface area contributed by atoms with Crippen molar-refractivity contribution < 1.29 is 22.8 Å². The van der Waals surface area contributed by atoms with Crippen molar-refractivity contribution in [3.8, 4) is 5.75 Å². The standard InChI is InChI=1S/C14H17F3N2O3/c1-9-8-18(2)6-5-12(9)22-13-4-3-10(19(20)21)7-11(13)14(15,16)17/h3-4,7,9,12H,5-6,8H2,1-2H3. The van der Waals surface area contributed by atoms with Gasteiger partial charge in [-0.15, -0.1) is 0 Å². The number of benzene rings is 1. The van der Waals surface area contributed by atoms with Gasteiger partial charge in [0.2, 0.25) is 0 Å². The Hall–Kier alpha value is -1.83. The molecule has 1 aliphatic heterocycles. The molecule has 0 radical (unpaired) electrons. The zero-order valence-electron chi connectivity index (χ0n) is 12.3. The molecule has 5 nitrogen and oxygen atoms in total. The van der Waals surface area contributed by atoms with Gasteiger partial charge in [0, 0.05) is 31.1 Å². The van der Waals surface area contributed by atoms with Crippen LogP contribution in [-0.4, -0.2) is 36.1 Å². The summed E-state index contributed by atoms with van der Waals surface area (Å²) in [6.45, 7) is 3.39. The van der Waals surface area contributed by atoms with E-state index in [9.17, 15) is 23.3 Å². The fraction of sp³-hybridized carbons (Fsp3) is 0.571. The first kappa shape index (κ1) is 16.5. The first-order valence-electron chi connectivity index (χ1n) is 6.89. The van der Waals surface area contributed by atoms with Crippen molar-refractivity contribution in [3.05, 3.63) is 33.9 Å². The predicted molar refractivity (Wildman–Crippen MR) is 73.8 cm³/mol. The zero-order valence-corrected chi connectivity index (χ0v) is 12.3. The lowest BCUT2D eigenvalue weighted by molar-refractivity contribution is -0.385. The average molecular weight is 318 g/mol. The average Bonchev–Trinajstić information content (AvgIpc) is 2.41. The van der Waals surface area contributed by atoms with E-state index in [4.69, 9.17) is 4.74 Å². The minimum Gasteiger partial charge on any atom is -0.489 e. The van der Waals surface area contributed by atoms with E-state index in [2.05, 4.69) is 4.90 Å². The fourth-order valence-electron chi connectivity index (χ4n) is 2.63. The Bertz CT molecular complexity index is 563. The number of non-ortho nitro benzene ring substituents is 1. The monoisotopic (exact) mass is 318 g/mol. The SMILES string of the molecule is CC1CN(C)CCC1Oc1ccc([N+](=O)[O-])cc1C(F)(F)F. The molecule has 1 fully saturated rings. The highest BCUT2D eigenvalue weighted by Crippen LogP contribution is 2.39. The third-order valence-electron chi connectivity index (χ3n) is 3.79. The molecular formula is C14H17F3N2O3. The molecule has 1 aromatic rings. The molecule has 1 aliphatic rings. The molecule has 1 heterocycles. The largest absolute Gasteiger partial charge is 0.489 e. The van der Waals surface area contributed by atoms with Gasteiger partial charge in [0.25, 0.3) is 5.69 Å². The van der Waals surface area contributed by atoms with E-state index in [0.29, 0.717) is 12.5 Å². The van der Waals surface area contributed by atoms with Gasteiger partial charge in [0.05, 0.1) is 4.92 Å². The van der Waals surface area contributed by atoms with Crippen molar-refractivity contribution in [3.63, 3.8) is 0 Å². The Kier molecular flexibility index (Phi) is 4.60. The van der Waals surface area contributed by atoms with Gasteiger partial charge in [-0.2, -0.15) is 13.2 Å². The van der Waals surface area contributed by atoms with Crippen LogP contribution in [0.3, 0.4) is 0 Å². The molecular weight excluding hydrogens is 301 g/mol. The van der Waals surface area contributed by atoms with Gasteiger partial charge < -0.3 is 9.64 Å². The topological polar surface area (TPSA) is 55.6 Å². The van der Waals surface area contributed by atoms with Gasteiger partial charge in [-0.05, 0) is 19.5 Å². The van der Waals surface area contributed by atoms with Crippen LogP contribution in [0.15, 0.2) is 18.2 Å². The molecule has 22 heavy (non-hydrogen) atoms. The Morgan fingerprint density at radius 3 is 2.64 bits per heavy atom. The number of likely N-dealkylation sites (tertiary alicyclic amines) is 1.